The second-order valence-corrected chi connectivity index (χ2v) is 5.13. The zero-order valence-corrected chi connectivity index (χ0v) is 12.1. The van der Waals surface area contributed by atoms with Gasteiger partial charge in [-0.15, -0.1) is 12.4 Å². The van der Waals surface area contributed by atoms with Gasteiger partial charge in [0.2, 0.25) is 0 Å². The maximum Gasteiger partial charge on any atom is 0.137 e. The third kappa shape index (κ3) is 2.58. The standard InChI is InChI=1S/C15H19NO2.ClH/c1-10-9-16-5-3-13(10)14-8-12(17-2)7-11-4-6-18-15(11)14;/h4,6-8,10,13,16H,3,5,9H2,1-2H3;1H/t10-,13+;/m1./s1. The average Bonchev–Trinajstić information content (AvgIpc) is 2.86. The van der Waals surface area contributed by atoms with E-state index < -0.39 is 0 Å². The predicted molar refractivity (Wildman–Crippen MR) is 79.4 cm³/mol. The van der Waals surface area contributed by atoms with Gasteiger partial charge in [-0.25, -0.2) is 0 Å². The number of ether oxygens (including phenoxy) is 1. The number of nitrogens with one attached hydrogen (secondary N) is 1. The van der Waals surface area contributed by atoms with Crippen LogP contribution >= 0.6 is 12.4 Å². The van der Waals surface area contributed by atoms with Crippen molar-refractivity contribution in [2.24, 2.45) is 5.92 Å². The summed E-state index contributed by atoms with van der Waals surface area (Å²) in [6.45, 7) is 4.45. The molecule has 2 atom stereocenters. The largest absolute Gasteiger partial charge is 0.497 e. The fourth-order valence-electron chi connectivity index (χ4n) is 2.95. The molecule has 1 aromatic heterocycles. The van der Waals surface area contributed by atoms with E-state index >= 15 is 0 Å². The monoisotopic (exact) mass is 281 g/mol. The molecule has 0 aliphatic carbocycles. The number of furan rings is 1. The van der Waals surface area contributed by atoms with Gasteiger partial charge in [-0.2, -0.15) is 0 Å². The van der Waals surface area contributed by atoms with Crippen molar-refractivity contribution < 1.29 is 9.15 Å². The Morgan fingerprint density at radius 2 is 2.21 bits per heavy atom. The van der Waals surface area contributed by atoms with Gasteiger partial charge >= 0.3 is 0 Å². The lowest BCUT2D eigenvalue weighted by molar-refractivity contribution is 0.347. The van der Waals surface area contributed by atoms with Crippen molar-refractivity contribution in [1.29, 1.82) is 0 Å². The smallest absolute Gasteiger partial charge is 0.137 e. The average molecular weight is 282 g/mol. The molecule has 2 aromatic rings. The molecule has 1 aliphatic rings. The molecule has 0 amide bonds. The van der Waals surface area contributed by atoms with Crippen LogP contribution in [0.15, 0.2) is 28.9 Å². The van der Waals surface area contributed by atoms with Gasteiger partial charge in [-0.1, -0.05) is 6.92 Å². The first-order valence-electron chi connectivity index (χ1n) is 6.55. The molecule has 1 saturated heterocycles. The summed E-state index contributed by atoms with van der Waals surface area (Å²) in [4.78, 5) is 0. The van der Waals surface area contributed by atoms with E-state index in [2.05, 4.69) is 18.3 Å². The van der Waals surface area contributed by atoms with Gasteiger partial charge in [0.15, 0.2) is 0 Å². The van der Waals surface area contributed by atoms with Gasteiger partial charge in [0.25, 0.3) is 0 Å². The maximum atomic E-state index is 5.67. The highest BCUT2D eigenvalue weighted by Crippen LogP contribution is 2.37. The highest BCUT2D eigenvalue weighted by Gasteiger charge is 2.26. The molecule has 2 heterocycles. The summed E-state index contributed by atoms with van der Waals surface area (Å²) in [5, 5.41) is 4.58. The SMILES string of the molecule is COc1cc([C@H]2CCNC[C@H]2C)c2occc2c1.Cl. The molecule has 1 N–H and O–H groups in total. The summed E-state index contributed by atoms with van der Waals surface area (Å²) in [5.41, 5.74) is 2.32. The minimum atomic E-state index is 0. The van der Waals surface area contributed by atoms with Crippen LogP contribution in [-0.4, -0.2) is 20.2 Å². The summed E-state index contributed by atoms with van der Waals surface area (Å²) in [5.74, 6) is 2.10. The van der Waals surface area contributed by atoms with Crippen molar-refractivity contribution >= 4 is 23.4 Å². The molecule has 19 heavy (non-hydrogen) atoms. The molecule has 0 radical (unpaired) electrons. The summed E-state index contributed by atoms with van der Waals surface area (Å²) in [6, 6.07) is 6.18. The maximum absolute atomic E-state index is 5.67. The van der Waals surface area contributed by atoms with Crippen molar-refractivity contribution in [3.63, 3.8) is 0 Å². The Morgan fingerprint density at radius 1 is 1.37 bits per heavy atom. The Hall–Kier alpha value is -1.19. The first-order chi connectivity index (χ1) is 8.79. The number of methoxy groups -OCH3 is 1. The number of hydrogen-bond donors (Lipinski definition) is 1. The molecule has 1 fully saturated rings. The fraction of sp³-hybridized carbons (Fsp3) is 0.467. The van der Waals surface area contributed by atoms with E-state index in [1.165, 1.54) is 5.56 Å². The van der Waals surface area contributed by atoms with E-state index in [0.29, 0.717) is 11.8 Å². The van der Waals surface area contributed by atoms with Gasteiger partial charge in [0.05, 0.1) is 13.4 Å². The Balaban J connectivity index is 0.00000133. The molecular weight excluding hydrogens is 262 g/mol. The first kappa shape index (κ1) is 14.2. The number of benzene rings is 1. The van der Waals surface area contributed by atoms with Gasteiger partial charge in [-0.3, -0.25) is 0 Å². The lowest BCUT2D eigenvalue weighted by atomic mass is 9.81. The van der Waals surface area contributed by atoms with E-state index in [4.69, 9.17) is 9.15 Å². The Kier molecular flexibility index (Phi) is 4.38. The molecule has 4 heteroatoms. The van der Waals surface area contributed by atoms with Crippen LogP contribution in [0.4, 0.5) is 0 Å². The van der Waals surface area contributed by atoms with Crippen molar-refractivity contribution in [2.45, 2.75) is 19.3 Å². The number of piperidine rings is 1. The molecular formula is C15H20ClNO2. The zero-order valence-electron chi connectivity index (χ0n) is 11.3. The summed E-state index contributed by atoms with van der Waals surface area (Å²) >= 11 is 0. The summed E-state index contributed by atoms with van der Waals surface area (Å²) in [7, 11) is 1.72. The second-order valence-electron chi connectivity index (χ2n) is 5.13. The highest BCUT2D eigenvalue weighted by atomic mass is 35.5. The van der Waals surface area contributed by atoms with E-state index in [1.54, 1.807) is 13.4 Å². The van der Waals surface area contributed by atoms with Crippen LogP contribution in [0, 0.1) is 5.92 Å². The minimum Gasteiger partial charge on any atom is -0.497 e. The predicted octanol–water partition coefficient (Wildman–Crippen LogP) is 3.58. The number of fused-ring (bicyclic) bond motifs is 1. The molecule has 0 saturated carbocycles. The van der Waals surface area contributed by atoms with Crippen LogP contribution in [0.3, 0.4) is 0 Å². The van der Waals surface area contributed by atoms with E-state index in [0.717, 1.165) is 36.2 Å². The van der Waals surface area contributed by atoms with Crippen LogP contribution in [0.5, 0.6) is 5.75 Å². The number of halogens is 1. The molecule has 1 aromatic carbocycles. The van der Waals surface area contributed by atoms with Gasteiger partial charge in [0.1, 0.15) is 11.3 Å². The summed E-state index contributed by atoms with van der Waals surface area (Å²) < 4.78 is 11.1. The summed E-state index contributed by atoms with van der Waals surface area (Å²) in [6.07, 6.45) is 2.92. The Bertz CT molecular complexity index is 552. The lowest BCUT2D eigenvalue weighted by Gasteiger charge is -2.30. The molecule has 0 bridgehead atoms. The number of rotatable bonds is 2. The van der Waals surface area contributed by atoms with Gasteiger partial charge in [0, 0.05) is 10.9 Å². The number of hydrogen-bond acceptors (Lipinski definition) is 3. The lowest BCUT2D eigenvalue weighted by Crippen LogP contribution is -2.33. The first-order valence-corrected chi connectivity index (χ1v) is 6.55. The molecule has 3 nitrogen and oxygen atoms in total. The highest BCUT2D eigenvalue weighted by molar-refractivity contribution is 5.85. The zero-order chi connectivity index (χ0) is 12.5. The molecule has 3 rings (SSSR count). The van der Waals surface area contributed by atoms with Crippen LogP contribution in [0.2, 0.25) is 0 Å². The third-order valence-electron chi connectivity index (χ3n) is 3.97. The molecule has 104 valence electrons. The van der Waals surface area contributed by atoms with E-state index in [1.807, 2.05) is 12.1 Å². The normalized spacial score (nSPS) is 23.1. The van der Waals surface area contributed by atoms with Crippen molar-refractivity contribution in [2.75, 3.05) is 20.2 Å². The Labute approximate surface area is 119 Å². The Morgan fingerprint density at radius 3 is 2.95 bits per heavy atom. The third-order valence-corrected chi connectivity index (χ3v) is 3.97. The van der Waals surface area contributed by atoms with Crippen LogP contribution in [0.1, 0.15) is 24.8 Å². The van der Waals surface area contributed by atoms with Gasteiger partial charge in [-0.05, 0) is 49.5 Å². The van der Waals surface area contributed by atoms with E-state index in [9.17, 15) is 0 Å². The second kappa shape index (κ2) is 5.85. The van der Waals surface area contributed by atoms with Crippen molar-refractivity contribution in [3.8, 4) is 5.75 Å². The molecule has 0 unspecified atom stereocenters. The minimum absolute atomic E-state index is 0. The van der Waals surface area contributed by atoms with Crippen LogP contribution in [-0.2, 0) is 0 Å². The molecule has 0 spiro atoms. The molecule has 1 aliphatic heterocycles. The van der Waals surface area contributed by atoms with E-state index in [-0.39, 0.29) is 12.4 Å². The fourth-order valence-corrected chi connectivity index (χ4v) is 2.95. The van der Waals surface area contributed by atoms with Gasteiger partial charge < -0.3 is 14.5 Å². The van der Waals surface area contributed by atoms with Crippen LogP contribution in [0.25, 0.3) is 11.0 Å². The van der Waals surface area contributed by atoms with Crippen molar-refractivity contribution in [3.05, 3.63) is 30.0 Å². The van der Waals surface area contributed by atoms with Crippen molar-refractivity contribution in [1.82, 2.24) is 5.32 Å². The van der Waals surface area contributed by atoms with Crippen LogP contribution < -0.4 is 10.1 Å². The quantitative estimate of drug-likeness (QED) is 0.914. The topological polar surface area (TPSA) is 34.4 Å².